The summed E-state index contributed by atoms with van der Waals surface area (Å²) in [5, 5.41) is 5.08. The highest BCUT2D eigenvalue weighted by atomic mass is 19.1. The van der Waals surface area contributed by atoms with Gasteiger partial charge in [-0.25, -0.2) is 14.4 Å². The first-order chi connectivity index (χ1) is 24.5. The van der Waals surface area contributed by atoms with Gasteiger partial charge in [-0.05, 0) is 37.2 Å². The Kier molecular flexibility index (Phi) is 7.58. The van der Waals surface area contributed by atoms with Crippen LogP contribution in [0.15, 0.2) is 76.3 Å². The van der Waals surface area contributed by atoms with E-state index in [1.165, 1.54) is 6.07 Å². The van der Waals surface area contributed by atoms with Crippen LogP contribution in [0.25, 0.3) is 38.5 Å². The summed E-state index contributed by atoms with van der Waals surface area (Å²) in [6.45, 7) is 6.29. The molecular formula is C37H34FN7O5. The van der Waals surface area contributed by atoms with Gasteiger partial charge in [0, 0.05) is 81.2 Å². The molecule has 0 atom stereocenters. The lowest BCUT2D eigenvalue weighted by atomic mass is 10.0. The maximum Gasteiger partial charge on any atom is 0.259 e. The number of morpholine rings is 1. The number of fused-ring (bicyclic) bond motifs is 5. The third kappa shape index (κ3) is 5.20. The summed E-state index contributed by atoms with van der Waals surface area (Å²) in [5.74, 6) is 0.218. The summed E-state index contributed by atoms with van der Waals surface area (Å²) in [5.41, 5.74) is 1.89. The van der Waals surface area contributed by atoms with E-state index in [0.29, 0.717) is 74.4 Å². The third-order valence-electron chi connectivity index (χ3n) is 9.81. The number of hydrogen-bond acceptors (Lipinski definition) is 10. The topological polar surface area (TPSA) is 118 Å². The fraction of sp³-hybridized carbons (Fsp3) is 0.297. The van der Waals surface area contributed by atoms with Crippen molar-refractivity contribution in [3.05, 3.63) is 88.7 Å². The summed E-state index contributed by atoms with van der Waals surface area (Å²) in [6, 6.07) is 14.4. The predicted octanol–water partition coefficient (Wildman–Crippen LogP) is 5.02. The Morgan fingerprint density at radius 1 is 0.900 bits per heavy atom. The molecule has 0 bridgehead atoms. The van der Waals surface area contributed by atoms with Crippen molar-refractivity contribution in [1.82, 2.24) is 24.3 Å². The molecule has 6 aromatic rings. The second kappa shape index (κ2) is 12.4. The average Bonchev–Trinajstić information content (AvgIpc) is 3.52. The Morgan fingerprint density at radius 3 is 2.52 bits per heavy atom. The predicted molar refractivity (Wildman–Crippen MR) is 187 cm³/mol. The van der Waals surface area contributed by atoms with Crippen LogP contribution >= 0.6 is 0 Å². The van der Waals surface area contributed by atoms with E-state index in [1.54, 1.807) is 34.1 Å². The SMILES string of the molecule is O=C(c1cn2c3c(c(NCCCN4CCOCC4)c(F)cc3c1=O)Oc1cc3c(cc1-2)oc1ccccc13)N1CCN(c2ncccn2)CC1. The second-order valence-corrected chi connectivity index (χ2v) is 12.8. The van der Waals surface area contributed by atoms with Crippen molar-refractivity contribution in [1.29, 1.82) is 0 Å². The molecule has 3 aliphatic rings. The first-order valence-electron chi connectivity index (χ1n) is 16.9. The molecule has 0 saturated carbocycles. The van der Waals surface area contributed by atoms with Gasteiger partial charge in [0.05, 0.1) is 24.3 Å². The molecule has 12 nitrogen and oxygen atoms in total. The van der Waals surface area contributed by atoms with Crippen molar-refractivity contribution in [3.8, 4) is 17.2 Å². The van der Waals surface area contributed by atoms with Crippen LogP contribution in [0, 0.1) is 5.82 Å². The first kappa shape index (κ1) is 30.5. The van der Waals surface area contributed by atoms with Crippen molar-refractivity contribution < 1.29 is 23.1 Å². The molecular weight excluding hydrogens is 641 g/mol. The van der Waals surface area contributed by atoms with E-state index >= 15 is 4.39 Å². The van der Waals surface area contributed by atoms with E-state index in [0.717, 1.165) is 42.4 Å². The van der Waals surface area contributed by atoms with Crippen LogP contribution in [0.4, 0.5) is 16.0 Å². The Balaban J connectivity index is 1.11. The number of furan rings is 1. The van der Waals surface area contributed by atoms with Crippen LogP contribution < -0.4 is 20.4 Å². The second-order valence-electron chi connectivity index (χ2n) is 12.8. The van der Waals surface area contributed by atoms with E-state index in [1.807, 2.05) is 41.3 Å². The summed E-state index contributed by atoms with van der Waals surface area (Å²) in [7, 11) is 0. The number of aromatic nitrogens is 3. The van der Waals surface area contributed by atoms with Crippen LogP contribution in [-0.4, -0.2) is 95.8 Å². The quantitative estimate of drug-likeness (QED) is 0.231. The number of pyridine rings is 1. The van der Waals surface area contributed by atoms with Crippen LogP contribution in [0.1, 0.15) is 16.8 Å². The number of carbonyl (C=O) groups excluding carboxylic acids is 1. The maximum absolute atomic E-state index is 16.1. The van der Waals surface area contributed by atoms with E-state index in [4.69, 9.17) is 13.9 Å². The molecule has 1 amide bonds. The number of hydrogen-bond donors (Lipinski definition) is 1. The van der Waals surface area contributed by atoms with E-state index in [-0.39, 0.29) is 22.4 Å². The molecule has 3 aliphatic heterocycles. The van der Waals surface area contributed by atoms with Crippen molar-refractivity contribution in [3.63, 3.8) is 0 Å². The van der Waals surface area contributed by atoms with Crippen LogP contribution in [-0.2, 0) is 4.74 Å². The van der Waals surface area contributed by atoms with Crippen molar-refractivity contribution in [2.75, 3.05) is 75.8 Å². The van der Waals surface area contributed by atoms with Crippen LogP contribution in [0.2, 0.25) is 0 Å². The number of anilines is 2. The minimum Gasteiger partial charge on any atom is -0.456 e. The smallest absolute Gasteiger partial charge is 0.259 e. The zero-order valence-corrected chi connectivity index (χ0v) is 27.2. The molecule has 2 saturated heterocycles. The molecule has 0 spiro atoms. The Labute approximate surface area is 285 Å². The van der Waals surface area contributed by atoms with Crippen molar-refractivity contribution in [2.45, 2.75) is 6.42 Å². The number of para-hydroxylation sites is 1. The zero-order valence-electron chi connectivity index (χ0n) is 27.2. The largest absolute Gasteiger partial charge is 0.456 e. The minimum atomic E-state index is -0.623. The van der Waals surface area contributed by atoms with Gasteiger partial charge in [0.2, 0.25) is 11.4 Å². The lowest BCUT2D eigenvalue weighted by molar-refractivity contribution is 0.0378. The lowest BCUT2D eigenvalue weighted by Crippen LogP contribution is -2.50. The molecule has 3 aromatic heterocycles. The van der Waals surface area contributed by atoms with Gasteiger partial charge < -0.3 is 33.6 Å². The normalized spacial score (nSPS) is 16.2. The molecule has 0 radical (unpaired) electrons. The number of benzene rings is 3. The Bertz CT molecular complexity index is 2330. The monoisotopic (exact) mass is 675 g/mol. The fourth-order valence-electron chi connectivity index (χ4n) is 7.23. The van der Waals surface area contributed by atoms with Gasteiger partial charge >= 0.3 is 0 Å². The minimum absolute atomic E-state index is 0.0453. The number of ether oxygens (including phenoxy) is 2. The van der Waals surface area contributed by atoms with E-state index < -0.39 is 17.2 Å². The molecule has 9 rings (SSSR count). The number of piperazine rings is 1. The average molecular weight is 676 g/mol. The number of halogens is 1. The van der Waals surface area contributed by atoms with E-state index in [2.05, 4.69) is 20.2 Å². The molecule has 0 unspecified atom stereocenters. The van der Waals surface area contributed by atoms with Gasteiger partial charge in [-0.1, -0.05) is 18.2 Å². The molecule has 13 heteroatoms. The molecule has 50 heavy (non-hydrogen) atoms. The van der Waals surface area contributed by atoms with Gasteiger partial charge in [-0.3, -0.25) is 14.5 Å². The van der Waals surface area contributed by atoms with Gasteiger partial charge in [0.15, 0.2) is 17.3 Å². The summed E-state index contributed by atoms with van der Waals surface area (Å²) < 4.78 is 36.1. The standard InChI is InChI=1S/C37H34FN7O5/c38-27-19-25-33-35(32(27)39-9-4-10-42-15-17-48-18-16-42)50-31-20-24-23-5-1-2-6-29(23)49-30(24)21-28(31)45(33)22-26(34(25)46)36(47)43-11-13-44(14-12-43)37-40-7-3-8-41-37/h1-3,5-8,19-22,39H,4,9-18H2. The zero-order chi connectivity index (χ0) is 33.8. The Hall–Kier alpha value is -5.53. The van der Waals surface area contributed by atoms with E-state index in [9.17, 15) is 9.59 Å². The van der Waals surface area contributed by atoms with Crippen molar-refractivity contribution >= 4 is 50.4 Å². The highest BCUT2D eigenvalue weighted by Gasteiger charge is 2.32. The molecule has 6 heterocycles. The summed E-state index contributed by atoms with van der Waals surface area (Å²) >= 11 is 0. The maximum atomic E-state index is 16.1. The van der Waals surface area contributed by atoms with Crippen LogP contribution in [0.5, 0.6) is 11.5 Å². The molecule has 1 N–H and O–H groups in total. The molecule has 0 aliphatic carbocycles. The summed E-state index contributed by atoms with van der Waals surface area (Å²) in [4.78, 5) is 42.8. The number of rotatable bonds is 7. The third-order valence-corrected chi connectivity index (χ3v) is 9.81. The van der Waals surface area contributed by atoms with Gasteiger partial charge in [-0.15, -0.1) is 0 Å². The molecule has 2 fully saturated rings. The van der Waals surface area contributed by atoms with Crippen LogP contribution in [0.3, 0.4) is 0 Å². The van der Waals surface area contributed by atoms with Gasteiger partial charge in [0.25, 0.3) is 5.91 Å². The number of nitrogens with one attached hydrogen (secondary N) is 1. The van der Waals surface area contributed by atoms with Gasteiger partial charge in [0.1, 0.15) is 27.9 Å². The van der Waals surface area contributed by atoms with Crippen molar-refractivity contribution in [2.24, 2.45) is 0 Å². The highest BCUT2D eigenvalue weighted by molar-refractivity contribution is 6.07. The number of nitrogens with zero attached hydrogens (tertiary/aromatic N) is 6. The fourth-order valence-corrected chi connectivity index (χ4v) is 7.23. The summed E-state index contributed by atoms with van der Waals surface area (Å²) in [6.07, 6.45) is 5.71. The Morgan fingerprint density at radius 2 is 1.70 bits per heavy atom. The lowest BCUT2D eigenvalue weighted by Gasteiger charge is -2.34. The first-order valence-corrected chi connectivity index (χ1v) is 16.9. The number of amides is 1. The number of carbonyl (C=O) groups is 1. The molecule has 3 aromatic carbocycles. The van der Waals surface area contributed by atoms with Gasteiger partial charge in [-0.2, -0.15) is 0 Å². The molecule has 254 valence electrons. The highest BCUT2D eigenvalue weighted by Crippen LogP contribution is 2.47.